The van der Waals surface area contributed by atoms with Gasteiger partial charge in [-0.05, 0) is 70.6 Å². The lowest BCUT2D eigenvalue weighted by molar-refractivity contribution is -0.870. The number of phosphoric acid groups is 1. The normalized spacial score (nSPS) is 14.1. The first-order valence-corrected chi connectivity index (χ1v) is 37.5. The molecule has 3 unspecified atom stereocenters. The fraction of sp³-hybridized carbons (Fsp3) is 0.800. The minimum atomic E-state index is -4.36. The zero-order valence-electron chi connectivity index (χ0n) is 56.1. The van der Waals surface area contributed by atoms with Crippen molar-refractivity contribution < 1.29 is 32.9 Å². The van der Waals surface area contributed by atoms with Crippen LogP contribution in [0.4, 0.5) is 0 Å². The van der Waals surface area contributed by atoms with E-state index in [0.717, 1.165) is 77.0 Å². The first-order chi connectivity index (χ1) is 41.0. The fourth-order valence-electron chi connectivity index (χ4n) is 10.6. The number of aliphatic hydroxyl groups is 1. The summed E-state index contributed by atoms with van der Waals surface area (Å²) in [7, 11) is 1.57. The molecule has 0 aromatic rings. The van der Waals surface area contributed by atoms with Crippen molar-refractivity contribution >= 4 is 13.7 Å². The van der Waals surface area contributed by atoms with E-state index < -0.39 is 20.0 Å². The Morgan fingerprint density at radius 2 is 0.714 bits per heavy atom. The third-order valence-corrected chi connectivity index (χ3v) is 17.1. The van der Waals surface area contributed by atoms with E-state index in [1.54, 1.807) is 6.08 Å². The van der Waals surface area contributed by atoms with Gasteiger partial charge in [0.2, 0.25) is 5.91 Å². The molecule has 0 spiro atoms. The highest BCUT2D eigenvalue weighted by molar-refractivity contribution is 7.47. The highest BCUT2D eigenvalue weighted by Crippen LogP contribution is 2.43. The molecule has 3 N–H and O–H groups in total. The van der Waals surface area contributed by atoms with Crippen LogP contribution in [-0.4, -0.2) is 73.4 Å². The number of quaternary nitrogens is 1. The molecule has 3 atom stereocenters. The zero-order valence-corrected chi connectivity index (χ0v) is 57.0. The molecule has 0 bridgehead atoms. The number of hydrogen-bond donors (Lipinski definition) is 3. The monoisotopic (exact) mass is 1200 g/mol. The number of rotatable bonds is 66. The van der Waals surface area contributed by atoms with Gasteiger partial charge in [-0.3, -0.25) is 13.8 Å². The Kier molecular flexibility index (Phi) is 63.3. The molecule has 9 heteroatoms. The van der Waals surface area contributed by atoms with Gasteiger partial charge in [0.15, 0.2) is 0 Å². The van der Waals surface area contributed by atoms with E-state index in [0.29, 0.717) is 17.4 Å². The number of hydrogen-bond acceptors (Lipinski definition) is 5. The summed E-state index contributed by atoms with van der Waals surface area (Å²) in [6, 6.07) is -0.854. The Morgan fingerprint density at radius 1 is 0.417 bits per heavy atom. The molecule has 0 aliphatic heterocycles. The summed E-state index contributed by atoms with van der Waals surface area (Å²) in [6.45, 7) is 4.74. The molecule has 0 aromatic heterocycles. The highest BCUT2D eigenvalue weighted by atomic mass is 31.2. The van der Waals surface area contributed by atoms with Gasteiger partial charge >= 0.3 is 7.82 Å². The third kappa shape index (κ3) is 67.2. The van der Waals surface area contributed by atoms with Crippen LogP contribution in [0.25, 0.3) is 0 Å². The summed E-state index contributed by atoms with van der Waals surface area (Å²) in [5.74, 6) is -0.178. The summed E-state index contributed by atoms with van der Waals surface area (Å²) < 4.78 is 23.8. The van der Waals surface area contributed by atoms with Crippen molar-refractivity contribution in [3.63, 3.8) is 0 Å². The van der Waals surface area contributed by atoms with E-state index in [9.17, 15) is 19.4 Å². The molecule has 8 nitrogen and oxygen atoms in total. The summed E-state index contributed by atoms with van der Waals surface area (Å²) in [5.41, 5.74) is 0. The number of carbonyl (C=O) groups excluding carboxylic acids is 1. The molecule has 0 saturated heterocycles. The lowest BCUT2D eigenvalue weighted by Gasteiger charge is -2.25. The smallest absolute Gasteiger partial charge is 0.387 e. The molecule has 0 heterocycles. The number of carbonyl (C=O) groups is 1. The van der Waals surface area contributed by atoms with Gasteiger partial charge < -0.3 is 19.8 Å². The number of likely N-dealkylation sites (N-methyl/N-ethyl adjacent to an activating group) is 1. The van der Waals surface area contributed by atoms with Gasteiger partial charge in [0.25, 0.3) is 0 Å². The minimum absolute atomic E-state index is 0.0588. The molecule has 490 valence electrons. The van der Waals surface area contributed by atoms with Crippen molar-refractivity contribution in [2.75, 3.05) is 40.9 Å². The standard InChI is InChI=1S/C75H139N2O6P/c1-6-8-10-12-14-16-18-20-22-24-26-28-30-32-34-36-38-40-42-44-46-48-50-52-54-56-58-60-62-64-66-68-74(78)73(72-83-84(80,81)82-71-70-77(3,4)5)76-75(79)69-67-65-63-61-59-57-55-53-51-49-47-45-43-41-39-37-35-33-31-29-27-25-23-21-19-17-15-13-11-9-7-2/h9,11,15,17,21,23,27,29,33,35,39,41,66,68,73-74,78H,6-8,10,12-14,16,18-20,22,24-26,28,30-32,34,36-38,40,42-65,67,69-72H2,1-5H3,(H-,76,79,80,81)/p+1/b11-9-,17-15-,23-21-,29-27-,35-33-,41-39-,68-66+. The van der Waals surface area contributed by atoms with Gasteiger partial charge in [0.1, 0.15) is 13.2 Å². The maximum Gasteiger partial charge on any atom is 0.472 e. The van der Waals surface area contributed by atoms with Crippen LogP contribution in [0, 0.1) is 0 Å². The lowest BCUT2D eigenvalue weighted by atomic mass is 10.0. The summed E-state index contributed by atoms with van der Waals surface area (Å²) >= 11 is 0. The lowest BCUT2D eigenvalue weighted by Crippen LogP contribution is -2.45. The molecule has 84 heavy (non-hydrogen) atoms. The van der Waals surface area contributed by atoms with Crippen LogP contribution in [0.5, 0.6) is 0 Å². The number of aliphatic hydroxyl groups excluding tert-OH is 1. The molecule has 1 amide bonds. The molecule has 0 aromatic carbocycles. The van der Waals surface area contributed by atoms with Gasteiger partial charge in [-0.1, -0.05) is 343 Å². The summed E-state index contributed by atoms with van der Waals surface area (Å²) in [5, 5.41) is 14.0. The number of amides is 1. The molecular weight excluding hydrogens is 1060 g/mol. The van der Waals surface area contributed by atoms with E-state index in [-0.39, 0.29) is 19.1 Å². The predicted octanol–water partition coefficient (Wildman–Crippen LogP) is 23.1. The van der Waals surface area contributed by atoms with Crippen molar-refractivity contribution in [3.8, 4) is 0 Å². The maximum absolute atomic E-state index is 13.1. The van der Waals surface area contributed by atoms with Crippen LogP contribution in [0.3, 0.4) is 0 Å². The van der Waals surface area contributed by atoms with Gasteiger partial charge in [-0.25, -0.2) is 4.57 Å². The van der Waals surface area contributed by atoms with Crippen LogP contribution in [0.1, 0.15) is 335 Å². The fourth-order valence-corrected chi connectivity index (χ4v) is 11.3. The van der Waals surface area contributed by atoms with Gasteiger partial charge in [0.05, 0.1) is 39.9 Å². The second kappa shape index (κ2) is 65.1. The first kappa shape index (κ1) is 81.7. The van der Waals surface area contributed by atoms with Crippen LogP contribution in [0.2, 0.25) is 0 Å². The molecule has 0 aliphatic carbocycles. The van der Waals surface area contributed by atoms with Gasteiger partial charge in [-0.15, -0.1) is 0 Å². The molecule has 0 radical (unpaired) electrons. The van der Waals surface area contributed by atoms with Crippen LogP contribution >= 0.6 is 7.82 Å². The first-order valence-electron chi connectivity index (χ1n) is 36.0. The van der Waals surface area contributed by atoms with Crippen molar-refractivity contribution in [2.24, 2.45) is 0 Å². The van der Waals surface area contributed by atoms with E-state index in [1.807, 2.05) is 27.2 Å². The van der Waals surface area contributed by atoms with Crippen LogP contribution in [0.15, 0.2) is 85.1 Å². The number of nitrogens with zero attached hydrogens (tertiary/aromatic N) is 1. The Morgan fingerprint density at radius 3 is 1.05 bits per heavy atom. The Hall–Kier alpha value is -2.32. The van der Waals surface area contributed by atoms with E-state index in [2.05, 4.69) is 92.1 Å². The van der Waals surface area contributed by atoms with Crippen molar-refractivity contribution in [1.82, 2.24) is 5.32 Å². The third-order valence-electron chi connectivity index (χ3n) is 16.1. The predicted molar refractivity (Wildman–Crippen MR) is 369 cm³/mol. The number of nitrogens with one attached hydrogen (secondary N) is 1. The molecule has 0 rings (SSSR count). The van der Waals surface area contributed by atoms with Gasteiger partial charge in [-0.2, -0.15) is 0 Å². The average molecular weight is 1200 g/mol. The second-order valence-corrected chi connectivity index (χ2v) is 27.0. The molecular formula is C75H140N2O6P+. The molecule has 0 fully saturated rings. The van der Waals surface area contributed by atoms with Crippen molar-refractivity contribution in [1.29, 1.82) is 0 Å². The Labute approximate surface area is 522 Å². The minimum Gasteiger partial charge on any atom is -0.387 e. The summed E-state index contributed by atoms with van der Waals surface area (Å²) in [6.07, 6.45) is 93.0. The largest absolute Gasteiger partial charge is 0.472 e. The topological polar surface area (TPSA) is 105 Å². The van der Waals surface area contributed by atoms with Crippen LogP contribution < -0.4 is 5.32 Å². The molecule has 0 aliphatic rings. The zero-order chi connectivity index (χ0) is 61.2. The Bertz CT molecular complexity index is 1650. The van der Waals surface area contributed by atoms with E-state index in [4.69, 9.17) is 9.05 Å². The van der Waals surface area contributed by atoms with E-state index >= 15 is 0 Å². The SMILES string of the molecule is CC/C=C\C/C=C\C/C=C\C/C=C\C/C=C\C/C=C\CCCCCCCCCCCCCCC(=O)NC(COP(=O)(O)OCC[N+](C)(C)C)C(O)/C=C/CCCCCCCCCCCCCCCCCCCCCCCCCCCCCCC. The van der Waals surface area contributed by atoms with Crippen molar-refractivity contribution in [3.05, 3.63) is 85.1 Å². The summed E-state index contributed by atoms with van der Waals surface area (Å²) in [4.78, 5) is 23.4. The average Bonchev–Trinajstić information content (AvgIpc) is 3.56. The quantitative estimate of drug-likeness (QED) is 0.0243. The Balaban J connectivity index is 4.08. The van der Waals surface area contributed by atoms with Crippen molar-refractivity contribution in [2.45, 2.75) is 347 Å². The highest BCUT2D eigenvalue weighted by Gasteiger charge is 2.28. The maximum atomic E-state index is 13.1. The van der Waals surface area contributed by atoms with E-state index in [1.165, 1.54) is 238 Å². The number of unbranched alkanes of at least 4 members (excludes halogenated alkanes) is 41. The number of phosphoric ester groups is 1. The van der Waals surface area contributed by atoms with Crippen LogP contribution in [-0.2, 0) is 18.4 Å². The number of allylic oxidation sites excluding steroid dienone is 13. The molecule has 0 saturated carbocycles. The second-order valence-electron chi connectivity index (χ2n) is 25.6. The van der Waals surface area contributed by atoms with Gasteiger partial charge in [0, 0.05) is 6.42 Å².